The van der Waals surface area contributed by atoms with Gasteiger partial charge in [-0.25, -0.2) is 8.78 Å². The third kappa shape index (κ3) is 5.34. The van der Waals surface area contributed by atoms with Gasteiger partial charge in [0.2, 0.25) is 5.83 Å². The van der Waals surface area contributed by atoms with Gasteiger partial charge >= 0.3 is 0 Å². The first-order valence-electron chi connectivity index (χ1n) is 7.90. The molecule has 0 amide bonds. The van der Waals surface area contributed by atoms with Gasteiger partial charge in [-0.15, -0.1) is 0 Å². The first-order valence-corrected chi connectivity index (χ1v) is 7.90. The van der Waals surface area contributed by atoms with E-state index in [0.717, 1.165) is 6.08 Å². The van der Waals surface area contributed by atoms with E-state index in [1.807, 2.05) is 0 Å². The lowest BCUT2D eigenvalue weighted by Gasteiger charge is -2.13. The molecule has 0 N–H and O–H groups in total. The summed E-state index contributed by atoms with van der Waals surface area (Å²) in [4.78, 5) is 10.7. The van der Waals surface area contributed by atoms with Crippen LogP contribution in [0.4, 0.5) is 13.2 Å². The van der Waals surface area contributed by atoms with Crippen molar-refractivity contribution >= 4 is 6.29 Å². The molecule has 1 aliphatic rings. The van der Waals surface area contributed by atoms with Crippen LogP contribution >= 0.6 is 0 Å². The first kappa shape index (κ1) is 21.2. The number of hydrogen-bond donors (Lipinski definition) is 0. The molecule has 0 saturated carbocycles. The molecule has 0 unspecified atom stereocenters. The van der Waals surface area contributed by atoms with Crippen molar-refractivity contribution < 1.29 is 22.7 Å². The molecule has 26 heavy (non-hydrogen) atoms. The van der Waals surface area contributed by atoms with Gasteiger partial charge < -0.3 is 4.74 Å². The summed E-state index contributed by atoms with van der Waals surface area (Å²) in [6.07, 6.45) is 5.31. The summed E-state index contributed by atoms with van der Waals surface area (Å²) >= 11 is 0. The number of ether oxygens (including phenoxy) is 1. The van der Waals surface area contributed by atoms with E-state index in [0.29, 0.717) is 35.8 Å². The smallest absolute Gasteiger partial charge is 0.200 e. The summed E-state index contributed by atoms with van der Waals surface area (Å²) in [7, 11) is 0. The second-order valence-electron chi connectivity index (χ2n) is 5.51. The third-order valence-corrected chi connectivity index (χ3v) is 3.70. The number of halogens is 3. The van der Waals surface area contributed by atoms with Crippen LogP contribution in [-0.2, 0) is 9.53 Å². The van der Waals surface area contributed by atoms with Gasteiger partial charge in [-0.2, -0.15) is 4.39 Å². The summed E-state index contributed by atoms with van der Waals surface area (Å²) in [6.45, 7) is 15.9. The lowest BCUT2D eigenvalue weighted by molar-refractivity contribution is -0.105. The van der Waals surface area contributed by atoms with E-state index >= 15 is 0 Å². The maximum Gasteiger partial charge on any atom is 0.200 e. The number of aldehydes is 1. The number of rotatable bonds is 9. The SMILES string of the molecule is C=C(/C=C\C(=C)C1=C(F)C=C(C=O)CC1)C(=C)/C(F)=C(/F)C(=C)OCC. The maximum absolute atomic E-state index is 14.1. The Morgan fingerprint density at radius 2 is 1.81 bits per heavy atom. The van der Waals surface area contributed by atoms with E-state index in [9.17, 15) is 18.0 Å². The summed E-state index contributed by atoms with van der Waals surface area (Å²) in [5.41, 5.74) is 0.870. The first-order chi connectivity index (χ1) is 12.2. The zero-order chi connectivity index (χ0) is 19.9. The quantitative estimate of drug-likeness (QED) is 0.283. The number of carbonyl (C=O) groups is 1. The highest BCUT2D eigenvalue weighted by Crippen LogP contribution is 2.30. The van der Waals surface area contributed by atoms with Crippen LogP contribution in [0.25, 0.3) is 0 Å². The van der Waals surface area contributed by atoms with Crippen LogP contribution < -0.4 is 0 Å². The van der Waals surface area contributed by atoms with Crippen LogP contribution in [0.15, 0.2) is 95.6 Å². The van der Waals surface area contributed by atoms with Crippen molar-refractivity contribution in [3.8, 4) is 0 Å². The Labute approximate surface area is 151 Å². The molecule has 0 aromatic rings. The van der Waals surface area contributed by atoms with Gasteiger partial charge in [-0.1, -0.05) is 38.5 Å². The van der Waals surface area contributed by atoms with Crippen molar-refractivity contribution in [1.82, 2.24) is 0 Å². The van der Waals surface area contributed by atoms with E-state index in [2.05, 4.69) is 26.3 Å². The molecule has 5 heteroatoms. The Morgan fingerprint density at radius 1 is 1.15 bits per heavy atom. The van der Waals surface area contributed by atoms with Gasteiger partial charge in [-0.3, -0.25) is 4.79 Å². The van der Waals surface area contributed by atoms with Crippen molar-refractivity contribution in [1.29, 1.82) is 0 Å². The molecule has 138 valence electrons. The highest BCUT2D eigenvalue weighted by Gasteiger charge is 2.16. The molecular formula is C21H21F3O2. The van der Waals surface area contributed by atoms with Crippen LogP contribution in [0, 0.1) is 0 Å². The van der Waals surface area contributed by atoms with Crippen molar-refractivity contribution in [2.75, 3.05) is 6.61 Å². The van der Waals surface area contributed by atoms with Crippen molar-refractivity contribution in [3.05, 3.63) is 95.6 Å². The van der Waals surface area contributed by atoms with Gasteiger partial charge in [-0.05, 0) is 48.1 Å². The van der Waals surface area contributed by atoms with E-state index in [-0.39, 0.29) is 17.8 Å². The Hall–Kier alpha value is -2.82. The van der Waals surface area contributed by atoms with Gasteiger partial charge in [0, 0.05) is 5.57 Å². The molecule has 0 spiro atoms. The third-order valence-electron chi connectivity index (χ3n) is 3.70. The van der Waals surface area contributed by atoms with Crippen LogP contribution in [0.1, 0.15) is 19.8 Å². The molecule has 1 rings (SSSR count). The largest absolute Gasteiger partial charge is 0.491 e. The fourth-order valence-corrected chi connectivity index (χ4v) is 2.15. The Bertz CT molecular complexity index is 777. The Balaban J connectivity index is 2.90. The second-order valence-corrected chi connectivity index (χ2v) is 5.51. The number of hydrogen-bond acceptors (Lipinski definition) is 2. The minimum atomic E-state index is -1.25. The molecule has 0 heterocycles. The molecule has 2 nitrogen and oxygen atoms in total. The summed E-state index contributed by atoms with van der Waals surface area (Å²) in [5.74, 6) is -3.45. The lowest BCUT2D eigenvalue weighted by atomic mass is 9.93. The van der Waals surface area contributed by atoms with Crippen LogP contribution in [0.2, 0.25) is 0 Å². The highest BCUT2D eigenvalue weighted by atomic mass is 19.2. The molecule has 0 fully saturated rings. The van der Waals surface area contributed by atoms with Crippen molar-refractivity contribution in [3.63, 3.8) is 0 Å². The molecule has 0 aromatic heterocycles. The number of carbonyl (C=O) groups excluding carboxylic acids is 1. The molecule has 0 aromatic carbocycles. The van der Waals surface area contributed by atoms with Gasteiger partial charge in [0.05, 0.1) is 6.61 Å². The second kappa shape index (κ2) is 9.61. The minimum absolute atomic E-state index is 0.0871. The summed E-state index contributed by atoms with van der Waals surface area (Å²) in [6, 6.07) is 0. The normalized spacial score (nSPS) is 15.3. The summed E-state index contributed by atoms with van der Waals surface area (Å²) < 4.78 is 46.7. The van der Waals surface area contributed by atoms with Gasteiger partial charge in [0.15, 0.2) is 11.6 Å². The zero-order valence-corrected chi connectivity index (χ0v) is 14.7. The average Bonchev–Trinajstić information content (AvgIpc) is 2.63. The fraction of sp³-hybridized carbons (Fsp3) is 0.190. The predicted molar refractivity (Wildman–Crippen MR) is 98.1 cm³/mol. The van der Waals surface area contributed by atoms with E-state index in [4.69, 9.17) is 4.74 Å². The predicted octanol–water partition coefficient (Wildman–Crippen LogP) is 6.05. The standard InChI is InChI=1S/C21H21F3O2/c1-6-26-16(5)21(24)20(23)15(4)13(2)7-8-14(3)18-10-9-17(12-25)11-19(18)22/h7-8,11-12H,2-6,9-10H2,1H3/b8-7-,21-20-. The van der Waals surface area contributed by atoms with Crippen molar-refractivity contribution in [2.45, 2.75) is 19.8 Å². The minimum Gasteiger partial charge on any atom is -0.491 e. The molecular weight excluding hydrogens is 341 g/mol. The zero-order valence-electron chi connectivity index (χ0n) is 14.7. The van der Waals surface area contributed by atoms with Crippen LogP contribution in [-0.4, -0.2) is 12.9 Å². The van der Waals surface area contributed by atoms with Crippen LogP contribution in [0.3, 0.4) is 0 Å². The molecule has 0 atom stereocenters. The topological polar surface area (TPSA) is 26.3 Å². The van der Waals surface area contributed by atoms with E-state index < -0.39 is 23.2 Å². The molecule has 0 bridgehead atoms. The number of allylic oxidation sites excluding steroid dienone is 11. The Kier molecular flexibility index (Phi) is 7.84. The Morgan fingerprint density at radius 3 is 2.35 bits per heavy atom. The monoisotopic (exact) mass is 362 g/mol. The highest BCUT2D eigenvalue weighted by molar-refractivity contribution is 5.75. The molecule has 1 aliphatic carbocycles. The average molecular weight is 362 g/mol. The van der Waals surface area contributed by atoms with Gasteiger partial charge in [0.25, 0.3) is 0 Å². The molecule has 0 radical (unpaired) electrons. The van der Waals surface area contributed by atoms with E-state index in [1.165, 1.54) is 12.2 Å². The van der Waals surface area contributed by atoms with Crippen molar-refractivity contribution in [2.24, 2.45) is 0 Å². The summed E-state index contributed by atoms with van der Waals surface area (Å²) in [5, 5.41) is 0. The van der Waals surface area contributed by atoms with E-state index in [1.54, 1.807) is 6.92 Å². The molecule has 0 aliphatic heterocycles. The lowest BCUT2D eigenvalue weighted by Crippen LogP contribution is -1.99. The molecule has 0 saturated heterocycles. The van der Waals surface area contributed by atoms with Gasteiger partial charge in [0.1, 0.15) is 12.1 Å². The fourth-order valence-electron chi connectivity index (χ4n) is 2.15. The van der Waals surface area contributed by atoms with Crippen LogP contribution in [0.5, 0.6) is 0 Å². The maximum atomic E-state index is 14.1.